The minimum absolute atomic E-state index is 0.220. The molecular weight excluding hydrogens is 508 g/mol. The molecule has 0 heterocycles. The number of hydrogen-bond donors (Lipinski definition) is 4. The molecule has 0 saturated heterocycles. The summed E-state index contributed by atoms with van der Waals surface area (Å²) in [7, 11) is 4.38. The van der Waals surface area contributed by atoms with Crippen molar-refractivity contribution in [2.75, 3.05) is 32.0 Å². The molecule has 4 aromatic rings. The summed E-state index contributed by atoms with van der Waals surface area (Å²) in [4.78, 5) is 25.8. The first-order valence-corrected chi connectivity index (χ1v) is 12.4. The van der Waals surface area contributed by atoms with Crippen LogP contribution < -0.4 is 30.2 Å². The van der Waals surface area contributed by atoms with Gasteiger partial charge in [0, 0.05) is 22.5 Å². The van der Waals surface area contributed by atoms with Crippen LogP contribution in [0.15, 0.2) is 84.9 Å². The Morgan fingerprint density at radius 3 is 1.80 bits per heavy atom. The predicted molar refractivity (Wildman–Crippen MR) is 156 cm³/mol. The molecule has 0 aliphatic heterocycles. The molecule has 4 rings (SSSR count). The number of rotatable bonds is 8. The molecule has 204 valence electrons. The zero-order valence-corrected chi connectivity index (χ0v) is 22.6. The molecule has 0 spiro atoms. The van der Waals surface area contributed by atoms with Crippen molar-refractivity contribution in [1.29, 1.82) is 5.41 Å². The topological polar surface area (TPSA) is 122 Å². The van der Waals surface area contributed by atoms with Crippen LogP contribution in [0.5, 0.6) is 17.2 Å². The van der Waals surface area contributed by atoms with Gasteiger partial charge in [0.25, 0.3) is 11.8 Å². The molecule has 0 atom stereocenters. The van der Waals surface area contributed by atoms with Crippen molar-refractivity contribution in [3.8, 4) is 28.4 Å². The lowest BCUT2D eigenvalue weighted by Crippen LogP contribution is -2.35. The molecule has 4 N–H and O–H groups in total. The van der Waals surface area contributed by atoms with Crippen LogP contribution in [0.2, 0.25) is 0 Å². The Balaban J connectivity index is 1.43. The van der Waals surface area contributed by atoms with Gasteiger partial charge in [-0.2, -0.15) is 0 Å². The normalized spacial score (nSPS) is 10.3. The van der Waals surface area contributed by atoms with Gasteiger partial charge in [-0.1, -0.05) is 48.5 Å². The monoisotopic (exact) mass is 538 g/mol. The van der Waals surface area contributed by atoms with E-state index in [1.165, 1.54) is 33.5 Å². The van der Waals surface area contributed by atoms with E-state index in [1.807, 2.05) is 49.4 Å². The second-order valence-corrected chi connectivity index (χ2v) is 8.74. The lowest BCUT2D eigenvalue weighted by atomic mass is 10.0. The first-order chi connectivity index (χ1) is 19.3. The summed E-state index contributed by atoms with van der Waals surface area (Å²) in [5.74, 6) is -0.0531. The van der Waals surface area contributed by atoms with E-state index in [0.29, 0.717) is 39.8 Å². The molecule has 9 nitrogen and oxygen atoms in total. The van der Waals surface area contributed by atoms with Crippen LogP contribution in [0.25, 0.3) is 11.1 Å². The lowest BCUT2D eigenvalue weighted by molar-refractivity contribution is 0.0974. The van der Waals surface area contributed by atoms with Gasteiger partial charge < -0.3 is 24.8 Å². The average Bonchev–Trinajstić information content (AvgIpc) is 2.98. The number of ether oxygens (including phenoxy) is 3. The third-order valence-corrected chi connectivity index (χ3v) is 6.26. The highest BCUT2D eigenvalue weighted by Crippen LogP contribution is 2.38. The fourth-order valence-corrected chi connectivity index (χ4v) is 4.11. The number of carbonyl (C=O) groups is 2. The molecule has 0 radical (unpaired) electrons. The zero-order valence-electron chi connectivity index (χ0n) is 22.6. The highest BCUT2D eigenvalue weighted by Gasteiger charge is 2.18. The number of benzene rings is 4. The summed E-state index contributed by atoms with van der Waals surface area (Å²) in [6.45, 7) is 1.81. The highest BCUT2D eigenvalue weighted by atomic mass is 16.5. The number of carbonyl (C=O) groups excluding carboxylic acids is 2. The summed E-state index contributed by atoms with van der Waals surface area (Å²) in [5, 5.41) is 16.6. The van der Waals surface area contributed by atoms with E-state index in [0.717, 1.165) is 11.1 Å². The van der Waals surface area contributed by atoms with Crippen LogP contribution in [-0.4, -0.2) is 39.1 Å². The van der Waals surface area contributed by atoms with E-state index < -0.39 is 5.91 Å². The van der Waals surface area contributed by atoms with Gasteiger partial charge in [-0.25, -0.2) is 0 Å². The number of hydrogen-bond acceptors (Lipinski definition) is 6. The van der Waals surface area contributed by atoms with Crippen LogP contribution in [0.4, 0.5) is 11.4 Å². The maximum Gasteiger partial charge on any atom is 0.258 e. The van der Waals surface area contributed by atoms with Crippen LogP contribution in [-0.2, 0) is 0 Å². The van der Waals surface area contributed by atoms with E-state index in [9.17, 15) is 9.59 Å². The predicted octanol–water partition coefficient (Wildman–Crippen LogP) is 5.72. The van der Waals surface area contributed by atoms with E-state index in [2.05, 4.69) is 16.0 Å². The number of nitrogens with one attached hydrogen (secondary N) is 4. The molecule has 9 heteroatoms. The minimum Gasteiger partial charge on any atom is -0.493 e. The first-order valence-electron chi connectivity index (χ1n) is 12.4. The Morgan fingerprint density at radius 2 is 1.23 bits per heavy atom. The summed E-state index contributed by atoms with van der Waals surface area (Å²) in [6.07, 6.45) is 0. The van der Waals surface area contributed by atoms with Crippen molar-refractivity contribution in [2.24, 2.45) is 0 Å². The summed E-state index contributed by atoms with van der Waals surface area (Å²) in [5.41, 5.74) is 4.65. The van der Waals surface area contributed by atoms with E-state index in [4.69, 9.17) is 19.6 Å². The summed E-state index contributed by atoms with van der Waals surface area (Å²) >= 11 is 0. The van der Waals surface area contributed by atoms with Gasteiger partial charge in [0.1, 0.15) is 0 Å². The van der Waals surface area contributed by atoms with Crippen molar-refractivity contribution < 1.29 is 23.8 Å². The Kier molecular flexibility index (Phi) is 8.65. The van der Waals surface area contributed by atoms with Gasteiger partial charge in [0.15, 0.2) is 17.5 Å². The van der Waals surface area contributed by atoms with Crippen molar-refractivity contribution in [1.82, 2.24) is 5.32 Å². The van der Waals surface area contributed by atoms with Crippen molar-refractivity contribution in [3.05, 3.63) is 102 Å². The first kappa shape index (κ1) is 27.7. The van der Waals surface area contributed by atoms with E-state index in [-0.39, 0.29) is 17.4 Å². The molecule has 0 saturated carbocycles. The molecule has 40 heavy (non-hydrogen) atoms. The smallest absolute Gasteiger partial charge is 0.258 e. The second-order valence-electron chi connectivity index (χ2n) is 8.74. The summed E-state index contributed by atoms with van der Waals surface area (Å²) in [6, 6.07) is 25.6. The van der Waals surface area contributed by atoms with Gasteiger partial charge in [-0.3, -0.25) is 20.3 Å². The molecule has 2 amide bonds. The Labute approximate surface area is 232 Å². The highest BCUT2D eigenvalue weighted by molar-refractivity contribution is 6.10. The zero-order chi connectivity index (χ0) is 28.6. The lowest BCUT2D eigenvalue weighted by Gasteiger charge is -2.16. The molecule has 0 bridgehead atoms. The molecule has 0 aliphatic carbocycles. The Morgan fingerprint density at radius 1 is 0.650 bits per heavy atom. The number of anilines is 2. The average molecular weight is 539 g/mol. The van der Waals surface area contributed by atoms with Crippen LogP contribution in [0, 0.1) is 12.3 Å². The largest absolute Gasteiger partial charge is 0.493 e. The fourth-order valence-electron chi connectivity index (χ4n) is 4.11. The van der Waals surface area contributed by atoms with Crippen molar-refractivity contribution in [3.63, 3.8) is 0 Å². The molecule has 0 unspecified atom stereocenters. The summed E-state index contributed by atoms with van der Waals surface area (Å²) < 4.78 is 15.9. The quantitative estimate of drug-likeness (QED) is 0.168. The van der Waals surface area contributed by atoms with Crippen LogP contribution in [0.1, 0.15) is 26.3 Å². The van der Waals surface area contributed by atoms with Gasteiger partial charge in [0.2, 0.25) is 5.75 Å². The maximum atomic E-state index is 12.9. The molecule has 0 fully saturated rings. The Hall–Kier alpha value is -5.31. The third-order valence-electron chi connectivity index (χ3n) is 6.26. The molecule has 0 aromatic heterocycles. The molecular formula is C31H30N4O5. The number of methoxy groups -OCH3 is 3. The molecule has 0 aliphatic rings. The number of guanidine groups is 1. The van der Waals surface area contributed by atoms with E-state index >= 15 is 0 Å². The SMILES string of the molecule is COc1cc(C(=O)NC(=N)Nc2cccc(NC(=O)c3ccc(-c4ccccc4)cc3)c2C)cc(OC)c1OC. The van der Waals surface area contributed by atoms with Crippen molar-refractivity contribution in [2.45, 2.75) is 6.92 Å². The standard InChI is InChI=1S/C31H30N4O5/c1-19-24(33-29(36)22-15-13-21(14-16-22)20-9-6-5-7-10-20)11-8-12-25(19)34-31(32)35-30(37)23-17-26(38-2)28(40-4)27(18-23)39-3/h5-18H,1-4H3,(H,33,36)(H3,32,34,35,37). The fraction of sp³-hybridized carbons (Fsp3) is 0.129. The van der Waals surface area contributed by atoms with Gasteiger partial charge >= 0.3 is 0 Å². The Bertz CT molecular complexity index is 1510. The second kappa shape index (κ2) is 12.5. The van der Waals surface area contributed by atoms with Crippen LogP contribution in [0.3, 0.4) is 0 Å². The maximum absolute atomic E-state index is 12.9. The minimum atomic E-state index is -0.544. The molecule has 4 aromatic carbocycles. The van der Waals surface area contributed by atoms with Gasteiger partial charge in [0.05, 0.1) is 21.3 Å². The van der Waals surface area contributed by atoms with E-state index in [1.54, 1.807) is 30.3 Å². The third kappa shape index (κ3) is 6.21. The van der Waals surface area contributed by atoms with Crippen LogP contribution >= 0.6 is 0 Å². The van der Waals surface area contributed by atoms with Gasteiger partial charge in [-0.05, 0) is 60.0 Å². The van der Waals surface area contributed by atoms with Gasteiger partial charge in [-0.15, -0.1) is 0 Å². The van der Waals surface area contributed by atoms with Crippen molar-refractivity contribution >= 4 is 29.1 Å². The number of amides is 2.